The van der Waals surface area contributed by atoms with Gasteiger partial charge in [0.05, 0.1) is 0 Å². The predicted molar refractivity (Wildman–Crippen MR) is 95.2 cm³/mol. The maximum Gasteiger partial charge on any atom is 0.258 e. The number of halogens is 2. The van der Waals surface area contributed by atoms with E-state index in [1.165, 1.54) is 5.56 Å². The van der Waals surface area contributed by atoms with Crippen LogP contribution in [-0.2, 0) is 11.2 Å². The van der Waals surface area contributed by atoms with E-state index in [4.69, 9.17) is 4.52 Å². The second-order valence-electron chi connectivity index (χ2n) is 6.54. The maximum atomic E-state index is 13.4. The lowest BCUT2D eigenvalue weighted by atomic mass is 10.1. The van der Waals surface area contributed by atoms with Crippen LogP contribution in [0.4, 0.5) is 14.5 Å². The molecule has 1 saturated heterocycles. The second-order valence-corrected chi connectivity index (χ2v) is 6.54. The van der Waals surface area contributed by atoms with E-state index in [1.807, 2.05) is 24.3 Å². The van der Waals surface area contributed by atoms with Gasteiger partial charge in [-0.1, -0.05) is 24.2 Å². The van der Waals surface area contributed by atoms with Crippen molar-refractivity contribution in [3.05, 3.63) is 65.5 Å². The molecule has 138 valence electrons. The molecule has 5 nitrogen and oxygen atoms in total. The summed E-state index contributed by atoms with van der Waals surface area (Å²) in [6.07, 6.45) is 1.19. The van der Waals surface area contributed by atoms with Crippen LogP contribution in [0.25, 0.3) is 11.5 Å². The molecular weight excluding hydrogens is 352 g/mol. The summed E-state index contributed by atoms with van der Waals surface area (Å²) in [5, 5.41) is 3.91. The first-order valence-corrected chi connectivity index (χ1v) is 8.73. The first-order chi connectivity index (χ1) is 13.0. The molecule has 1 aliphatic rings. The van der Waals surface area contributed by atoms with Gasteiger partial charge in [0.25, 0.3) is 5.89 Å². The highest BCUT2D eigenvalue weighted by Gasteiger charge is 2.34. The van der Waals surface area contributed by atoms with Gasteiger partial charge in [0.1, 0.15) is 11.6 Å². The Hall–Kier alpha value is -3.09. The molecule has 4 rings (SSSR count). The summed E-state index contributed by atoms with van der Waals surface area (Å²) in [6.45, 7) is 2.51. The first-order valence-electron chi connectivity index (χ1n) is 8.73. The molecule has 0 saturated carbocycles. The van der Waals surface area contributed by atoms with Crippen LogP contribution in [0.5, 0.6) is 0 Å². The van der Waals surface area contributed by atoms with E-state index in [1.54, 1.807) is 4.90 Å². The molecule has 7 heteroatoms. The number of carbonyl (C=O) groups excluding carboxylic acids is 1. The van der Waals surface area contributed by atoms with Crippen molar-refractivity contribution < 1.29 is 18.1 Å². The van der Waals surface area contributed by atoms with E-state index < -0.39 is 11.6 Å². The van der Waals surface area contributed by atoms with Crippen molar-refractivity contribution in [2.45, 2.75) is 25.7 Å². The molecule has 0 radical (unpaired) electrons. The summed E-state index contributed by atoms with van der Waals surface area (Å²) in [5.41, 5.74) is 2.20. The number of hydrogen-bond acceptors (Lipinski definition) is 4. The van der Waals surface area contributed by atoms with E-state index in [0.717, 1.165) is 30.3 Å². The van der Waals surface area contributed by atoms with Gasteiger partial charge in [-0.15, -0.1) is 0 Å². The lowest BCUT2D eigenvalue weighted by Gasteiger charge is -2.16. The van der Waals surface area contributed by atoms with Crippen LogP contribution in [0.3, 0.4) is 0 Å². The zero-order chi connectivity index (χ0) is 19.0. The highest BCUT2D eigenvalue weighted by molar-refractivity contribution is 5.96. The summed E-state index contributed by atoms with van der Waals surface area (Å²) >= 11 is 0. The van der Waals surface area contributed by atoms with Gasteiger partial charge in [-0.05, 0) is 36.2 Å². The SMILES string of the molecule is CCc1ccc(N2CC(c3noc(-c4cc(F)cc(F)c4)n3)CC2=O)cc1. The molecular formula is C20H17F2N3O2. The van der Waals surface area contributed by atoms with Crippen LogP contribution in [-0.4, -0.2) is 22.6 Å². The molecule has 1 fully saturated rings. The smallest absolute Gasteiger partial charge is 0.258 e. The van der Waals surface area contributed by atoms with Gasteiger partial charge in [0.2, 0.25) is 5.91 Å². The molecule has 1 aromatic heterocycles. The van der Waals surface area contributed by atoms with Gasteiger partial charge >= 0.3 is 0 Å². The minimum absolute atomic E-state index is 0.0209. The Kier molecular flexibility index (Phi) is 4.43. The van der Waals surface area contributed by atoms with E-state index >= 15 is 0 Å². The average molecular weight is 369 g/mol. The third-order valence-corrected chi connectivity index (χ3v) is 4.70. The number of hydrogen-bond donors (Lipinski definition) is 0. The fourth-order valence-electron chi connectivity index (χ4n) is 3.24. The number of benzene rings is 2. The van der Waals surface area contributed by atoms with Gasteiger partial charge in [-0.2, -0.15) is 4.98 Å². The van der Waals surface area contributed by atoms with Crippen molar-refractivity contribution in [3.8, 4) is 11.5 Å². The predicted octanol–water partition coefficient (Wildman–Crippen LogP) is 4.10. The highest BCUT2D eigenvalue weighted by atomic mass is 19.1. The van der Waals surface area contributed by atoms with E-state index in [9.17, 15) is 13.6 Å². The van der Waals surface area contributed by atoms with Crippen LogP contribution in [0.2, 0.25) is 0 Å². The minimum Gasteiger partial charge on any atom is -0.334 e. The lowest BCUT2D eigenvalue weighted by molar-refractivity contribution is -0.117. The van der Waals surface area contributed by atoms with Gasteiger partial charge in [0.15, 0.2) is 5.82 Å². The van der Waals surface area contributed by atoms with Crippen LogP contribution in [0.15, 0.2) is 47.0 Å². The summed E-state index contributed by atoms with van der Waals surface area (Å²) in [6, 6.07) is 10.9. The molecule has 0 N–H and O–H groups in total. The monoisotopic (exact) mass is 369 g/mol. The van der Waals surface area contributed by atoms with Crippen LogP contribution >= 0.6 is 0 Å². The zero-order valence-electron chi connectivity index (χ0n) is 14.7. The minimum atomic E-state index is -0.720. The number of aromatic nitrogens is 2. The molecule has 3 aromatic rings. The number of rotatable bonds is 4. The van der Waals surface area contributed by atoms with Crippen molar-refractivity contribution in [3.63, 3.8) is 0 Å². The number of carbonyl (C=O) groups is 1. The Morgan fingerprint density at radius 3 is 2.52 bits per heavy atom. The highest BCUT2D eigenvalue weighted by Crippen LogP contribution is 2.32. The Morgan fingerprint density at radius 1 is 1.15 bits per heavy atom. The fraction of sp³-hybridized carbons (Fsp3) is 0.250. The third-order valence-electron chi connectivity index (χ3n) is 4.70. The maximum absolute atomic E-state index is 13.4. The molecule has 1 aliphatic heterocycles. The Labute approximate surface area is 154 Å². The number of nitrogens with zero attached hydrogens (tertiary/aromatic N) is 3. The number of amides is 1. The largest absolute Gasteiger partial charge is 0.334 e. The average Bonchev–Trinajstić information content (AvgIpc) is 3.28. The second kappa shape index (κ2) is 6.90. The topological polar surface area (TPSA) is 59.2 Å². The summed E-state index contributed by atoms with van der Waals surface area (Å²) in [7, 11) is 0. The van der Waals surface area contributed by atoms with Crippen molar-refractivity contribution in [2.24, 2.45) is 0 Å². The van der Waals surface area contributed by atoms with Gasteiger partial charge in [0, 0.05) is 36.2 Å². The Bertz CT molecular complexity index is 965. The third kappa shape index (κ3) is 3.45. The van der Waals surface area contributed by atoms with Crippen molar-refractivity contribution >= 4 is 11.6 Å². The van der Waals surface area contributed by atoms with Crippen molar-refractivity contribution in [1.29, 1.82) is 0 Å². The lowest BCUT2D eigenvalue weighted by Crippen LogP contribution is -2.24. The normalized spacial score (nSPS) is 16.9. The van der Waals surface area contributed by atoms with Gasteiger partial charge in [-0.25, -0.2) is 8.78 Å². The van der Waals surface area contributed by atoms with Crippen LogP contribution < -0.4 is 4.90 Å². The number of anilines is 1. The van der Waals surface area contributed by atoms with E-state index in [-0.39, 0.29) is 29.7 Å². The van der Waals surface area contributed by atoms with E-state index in [2.05, 4.69) is 17.1 Å². The van der Waals surface area contributed by atoms with Gasteiger partial charge < -0.3 is 9.42 Å². The Balaban J connectivity index is 1.54. The fourth-order valence-corrected chi connectivity index (χ4v) is 3.24. The summed E-state index contributed by atoms with van der Waals surface area (Å²) < 4.78 is 31.9. The van der Waals surface area contributed by atoms with Crippen LogP contribution in [0, 0.1) is 11.6 Å². The molecule has 1 unspecified atom stereocenters. The first kappa shape index (κ1) is 17.3. The quantitative estimate of drug-likeness (QED) is 0.695. The van der Waals surface area contributed by atoms with Crippen molar-refractivity contribution in [1.82, 2.24) is 10.1 Å². The summed E-state index contributed by atoms with van der Waals surface area (Å²) in [4.78, 5) is 18.4. The standard InChI is InChI=1S/C20H17F2N3O2/c1-2-12-3-5-17(6-4-12)25-11-14(9-18(25)26)19-23-20(27-24-19)13-7-15(21)10-16(22)8-13/h3-8,10,14H,2,9,11H2,1H3. The molecule has 0 spiro atoms. The molecule has 27 heavy (non-hydrogen) atoms. The molecule has 2 heterocycles. The van der Waals surface area contributed by atoms with Crippen LogP contribution in [0.1, 0.15) is 30.7 Å². The van der Waals surface area contributed by atoms with Gasteiger partial charge in [-0.3, -0.25) is 4.79 Å². The molecule has 0 bridgehead atoms. The molecule has 2 aromatic carbocycles. The molecule has 0 aliphatic carbocycles. The number of aryl methyl sites for hydroxylation is 1. The Morgan fingerprint density at radius 2 is 1.85 bits per heavy atom. The summed E-state index contributed by atoms with van der Waals surface area (Å²) in [5.74, 6) is -1.31. The van der Waals surface area contributed by atoms with E-state index in [0.29, 0.717) is 12.4 Å². The molecule has 1 atom stereocenters. The molecule has 1 amide bonds. The zero-order valence-corrected chi connectivity index (χ0v) is 14.7. The van der Waals surface area contributed by atoms with Crippen molar-refractivity contribution in [2.75, 3.05) is 11.4 Å².